The van der Waals surface area contributed by atoms with E-state index in [2.05, 4.69) is 40.0 Å². The number of carbonyl (C=O) groups excluding carboxylic acids is 1. The second-order valence-corrected chi connectivity index (χ2v) is 7.75. The normalized spacial score (nSPS) is 16.4. The zero-order valence-electron chi connectivity index (χ0n) is 14.0. The van der Waals surface area contributed by atoms with E-state index in [-0.39, 0.29) is 18.5 Å². The highest BCUT2D eigenvalue weighted by molar-refractivity contribution is 7.71. The molecule has 5 nitrogen and oxygen atoms in total. The largest absolute Gasteiger partial charge is 0.347 e. The van der Waals surface area contributed by atoms with Crippen molar-refractivity contribution < 1.29 is 4.79 Å². The van der Waals surface area contributed by atoms with Gasteiger partial charge in [-0.3, -0.25) is 14.5 Å². The molecule has 1 atom stereocenters. The number of rotatable bonds is 7. The Bertz CT molecular complexity index is 713. The summed E-state index contributed by atoms with van der Waals surface area (Å²) in [6, 6.07) is 4.30. The van der Waals surface area contributed by atoms with Crippen LogP contribution in [-0.2, 0) is 17.8 Å². The van der Waals surface area contributed by atoms with Crippen molar-refractivity contribution in [3.8, 4) is 0 Å². The predicted octanol–water partition coefficient (Wildman–Crippen LogP) is 4.00. The van der Waals surface area contributed by atoms with Crippen molar-refractivity contribution in [2.75, 3.05) is 0 Å². The van der Waals surface area contributed by atoms with E-state index in [4.69, 9.17) is 12.2 Å². The summed E-state index contributed by atoms with van der Waals surface area (Å²) in [6.07, 6.45) is 6.69. The van der Waals surface area contributed by atoms with Gasteiger partial charge in [-0.1, -0.05) is 25.8 Å². The molecule has 2 aromatic heterocycles. The first-order valence-corrected chi connectivity index (χ1v) is 9.94. The molecule has 0 bridgehead atoms. The lowest BCUT2D eigenvalue weighted by molar-refractivity contribution is -0.122. The van der Waals surface area contributed by atoms with E-state index in [1.165, 1.54) is 30.6 Å². The highest BCUT2D eigenvalue weighted by Gasteiger charge is 2.28. The average molecular weight is 365 g/mol. The fraction of sp³-hybridized carbons (Fsp3) is 0.588. The van der Waals surface area contributed by atoms with Crippen molar-refractivity contribution >= 4 is 29.5 Å². The summed E-state index contributed by atoms with van der Waals surface area (Å²) in [5.74, 6) is 1.40. The quantitative estimate of drug-likeness (QED) is 0.730. The Morgan fingerprint density at radius 3 is 3.00 bits per heavy atom. The molecule has 0 unspecified atom stereocenters. The molecule has 1 aliphatic rings. The van der Waals surface area contributed by atoms with Crippen LogP contribution in [0.5, 0.6) is 0 Å². The number of thiophene rings is 1. The Balaban J connectivity index is 1.72. The molecule has 2 N–H and O–H groups in total. The number of aromatic nitrogens is 3. The molecule has 7 heteroatoms. The van der Waals surface area contributed by atoms with E-state index in [1.54, 1.807) is 11.3 Å². The molecule has 3 rings (SSSR count). The Morgan fingerprint density at radius 1 is 1.54 bits per heavy atom. The van der Waals surface area contributed by atoms with Crippen molar-refractivity contribution in [3.63, 3.8) is 0 Å². The number of hydrogen-bond donors (Lipinski definition) is 2. The minimum absolute atomic E-state index is 0.00940. The SMILES string of the molecule is CCCc1n[nH]c(=S)n1CC(=O)N[C@@H](c1cccs1)C1CCCC1. The van der Waals surface area contributed by atoms with Crippen LogP contribution in [0, 0.1) is 10.7 Å². The van der Waals surface area contributed by atoms with Crippen molar-refractivity contribution in [3.05, 3.63) is 33.0 Å². The molecule has 2 heterocycles. The third kappa shape index (κ3) is 3.95. The number of aryl methyl sites for hydroxylation is 1. The van der Waals surface area contributed by atoms with Gasteiger partial charge in [0.25, 0.3) is 0 Å². The third-order valence-electron chi connectivity index (χ3n) is 4.65. The van der Waals surface area contributed by atoms with Gasteiger partial charge in [-0.2, -0.15) is 5.10 Å². The van der Waals surface area contributed by atoms with Crippen LogP contribution in [0.2, 0.25) is 0 Å². The van der Waals surface area contributed by atoms with Crippen LogP contribution in [0.15, 0.2) is 17.5 Å². The molecule has 1 aliphatic carbocycles. The molecule has 0 saturated heterocycles. The second-order valence-electron chi connectivity index (χ2n) is 6.39. The lowest BCUT2D eigenvalue weighted by atomic mass is 9.96. The first-order chi connectivity index (χ1) is 11.7. The number of nitrogens with zero attached hydrogens (tertiary/aromatic N) is 2. The van der Waals surface area contributed by atoms with Gasteiger partial charge in [0.05, 0.1) is 6.04 Å². The monoisotopic (exact) mass is 364 g/mol. The Morgan fingerprint density at radius 2 is 2.33 bits per heavy atom. The smallest absolute Gasteiger partial charge is 0.240 e. The van der Waals surface area contributed by atoms with Crippen LogP contribution in [0.4, 0.5) is 0 Å². The van der Waals surface area contributed by atoms with Crippen molar-refractivity contribution in [2.24, 2.45) is 5.92 Å². The first-order valence-electron chi connectivity index (χ1n) is 8.66. The topological polar surface area (TPSA) is 62.7 Å². The highest BCUT2D eigenvalue weighted by Crippen LogP contribution is 2.37. The number of amides is 1. The molecule has 2 aromatic rings. The van der Waals surface area contributed by atoms with E-state index >= 15 is 0 Å². The molecule has 0 aliphatic heterocycles. The second kappa shape index (κ2) is 8.07. The molecule has 0 aromatic carbocycles. The number of H-pyrrole nitrogens is 1. The van der Waals surface area contributed by atoms with Crippen LogP contribution in [0.3, 0.4) is 0 Å². The van der Waals surface area contributed by atoms with Crippen molar-refractivity contribution in [1.82, 2.24) is 20.1 Å². The van der Waals surface area contributed by atoms with Gasteiger partial charge in [0.1, 0.15) is 12.4 Å². The van der Waals surface area contributed by atoms with Gasteiger partial charge in [0.15, 0.2) is 4.77 Å². The van der Waals surface area contributed by atoms with Gasteiger partial charge in [-0.05, 0) is 48.8 Å². The third-order valence-corrected chi connectivity index (χ3v) is 5.92. The van der Waals surface area contributed by atoms with Gasteiger partial charge >= 0.3 is 0 Å². The molecule has 1 amide bonds. The van der Waals surface area contributed by atoms with E-state index < -0.39 is 0 Å². The van der Waals surface area contributed by atoms with E-state index in [9.17, 15) is 4.79 Å². The maximum Gasteiger partial charge on any atom is 0.240 e. The number of hydrogen-bond acceptors (Lipinski definition) is 4. The molecule has 1 saturated carbocycles. The fourth-order valence-electron chi connectivity index (χ4n) is 3.47. The molecular weight excluding hydrogens is 340 g/mol. The van der Waals surface area contributed by atoms with Gasteiger partial charge in [0, 0.05) is 11.3 Å². The summed E-state index contributed by atoms with van der Waals surface area (Å²) in [6.45, 7) is 2.33. The zero-order chi connectivity index (χ0) is 16.9. The van der Waals surface area contributed by atoms with Gasteiger partial charge in [-0.15, -0.1) is 11.3 Å². The molecule has 0 radical (unpaired) electrons. The number of aromatic amines is 1. The Labute approximate surface area is 151 Å². The van der Waals surface area contributed by atoms with Crippen molar-refractivity contribution in [2.45, 2.75) is 58.0 Å². The lowest BCUT2D eigenvalue weighted by Gasteiger charge is -2.24. The molecule has 0 spiro atoms. The Hall–Kier alpha value is -1.47. The summed E-state index contributed by atoms with van der Waals surface area (Å²) in [5.41, 5.74) is 0. The Kier molecular flexibility index (Phi) is 5.84. The summed E-state index contributed by atoms with van der Waals surface area (Å²) in [5, 5.41) is 12.4. The number of nitrogens with one attached hydrogen (secondary N) is 2. The van der Waals surface area contributed by atoms with E-state index in [1.807, 2.05) is 4.57 Å². The lowest BCUT2D eigenvalue weighted by Crippen LogP contribution is -2.35. The van der Waals surface area contributed by atoms with Crippen molar-refractivity contribution in [1.29, 1.82) is 0 Å². The van der Waals surface area contributed by atoms with Crippen LogP contribution in [-0.4, -0.2) is 20.7 Å². The van der Waals surface area contributed by atoms with Crippen LogP contribution in [0.25, 0.3) is 0 Å². The molecular formula is C17H24N4OS2. The van der Waals surface area contributed by atoms with Gasteiger partial charge in [-0.25, -0.2) is 0 Å². The highest BCUT2D eigenvalue weighted by atomic mass is 32.1. The minimum Gasteiger partial charge on any atom is -0.347 e. The van der Waals surface area contributed by atoms with E-state index in [0.29, 0.717) is 10.7 Å². The minimum atomic E-state index is 0.00940. The predicted molar refractivity (Wildman–Crippen MR) is 98.6 cm³/mol. The average Bonchev–Trinajstić information content (AvgIpc) is 3.31. The fourth-order valence-corrected chi connectivity index (χ4v) is 4.56. The molecule has 130 valence electrons. The summed E-state index contributed by atoms with van der Waals surface area (Å²) in [4.78, 5) is 13.9. The maximum absolute atomic E-state index is 12.7. The summed E-state index contributed by atoms with van der Waals surface area (Å²) < 4.78 is 2.33. The first kappa shape index (κ1) is 17.4. The number of carbonyl (C=O) groups is 1. The zero-order valence-corrected chi connectivity index (χ0v) is 15.6. The van der Waals surface area contributed by atoms with Crippen LogP contribution in [0.1, 0.15) is 55.8 Å². The summed E-state index contributed by atoms with van der Waals surface area (Å²) in [7, 11) is 0. The van der Waals surface area contributed by atoms with Crippen LogP contribution >= 0.6 is 23.6 Å². The van der Waals surface area contributed by atoms with Gasteiger partial charge in [0.2, 0.25) is 5.91 Å². The maximum atomic E-state index is 12.7. The van der Waals surface area contributed by atoms with Gasteiger partial charge < -0.3 is 5.32 Å². The molecule has 1 fully saturated rings. The van der Waals surface area contributed by atoms with E-state index in [0.717, 1.165) is 18.7 Å². The van der Waals surface area contributed by atoms with Crippen LogP contribution < -0.4 is 5.32 Å². The summed E-state index contributed by atoms with van der Waals surface area (Å²) >= 11 is 6.99. The standard InChI is InChI=1S/C17H24N4OS2/c1-2-6-14-19-20-17(23)21(14)11-15(22)18-16(12-7-3-4-8-12)13-9-5-10-24-13/h5,9-10,12,16H,2-4,6-8,11H2,1H3,(H,18,22)(H,20,23)/t16-/m1/s1. The molecule has 24 heavy (non-hydrogen) atoms.